The molecule has 6 heteroatoms. The van der Waals surface area contributed by atoms with E-state index in [4.69, 9.17) is 14.7 Å². The van der Waals surface area contributed by atoms with Crippen molar-refractivity contribution in [3.05, 3.63) is 23.8 Å². The summed E-state index contributed by atoms with van der Waals surface area (Å²) in [5, 5.41) is 18.5. The first-order chi connectivity index (χ1) is 9.73. The monoisotopic (exact) mass is 291 g/mol. The summed E-state index contributed by atoms with van der Waals surface area (Å²) in [6.45, 7) is 3.95. The van der Waals surface area contributed by atoms with E-state index in [-0.39, 0.29) is 12.8 Å². The van der Waals surface area contributed by atoms with Crippen molar-refractivity contribution in [1.29, 1.82) is 5.26 Å². The Bertz CT molecular complexity index is 586. The third kappa shape index (κ3) is 5.63. The largest absolute Gasteiger partial charge is 0.427 e. The molecule has 1 atom stereocenters. The number of rotatable bonds is 5. The molecule has 112 valence electrons. The maximum atomic E-state index is 11.1. The third-order valence-corrected chi connectivity index (χ3v) is 2.67. The van der Waals surface area contributed by atoms with Crippen LogP contribution in [0.4, 0.5) is 0 Å². The van der Waals surface area contributed by atoms with Gasteiger partial charge in [0.15, 0.2) is 0 Å². The molecule has 1 aromatic carbocycles. The van der Waals surface area contributed by atoms with Gasteiger partial charge in [-0.05, 0) is 43.5 Å². The molecule has 0 aromatic heterocycles. The number of benzene rings is 1. The first-order valence-corrected chi connectivity index (χ1v) is 6.37. The SMILES string of the molecule is CC(=O)Oc1ccc(OC(C)=O)c(CCC(C)(O)C#N)c1. The maximum Gasteiger partial charge on any atom is 0.308 e. The van der Waals surface area contributed by atoms with E-state index in [1.807, 2.05) is 0 Å². The number of aryl methyl sites for hydroxylation is 1. The molecule has 6 nitrogen and oxygen atoms in total. The summed E-state index contributed by atoms with van der Waals surface area (Å²) in [5.41, 5.74) is -0.912. The van der Waals surface area contributed by atoms with Gasteiger partial charge in [-0.3, -0.25) is 9.59 Å². The average molecular weight is 291 g/mol. The maximum absolute atomic E-state index is 11.1. The van der Waals surface area contributed by atoms with E-state index in [1.54, 1.807) is 12.1 Å². The Morgan fingerprint density at radius 1 is 1.29 bits per heavy atom. The number of carbonyl (C=O) groups is 2. The van der Waals surface area contributed by atoms with E-state index in [0.717, 1.165) is 0 Å². The van der Waals surface area contributed by atoms with E-state index >= 15 is 0 Å². The second kappa shape index (κ2) is 6.86. The molecule has 0 saturated carbocycles. The van der Waals surface area contributed by atoms with E-state index in [1.165, 1.54) is 32.9 Å². The van der Waals surface area contributed by atoms with Crippen LogP contribution in [-0.2, 0) is 16.0 Å². The lowest BCUT2D eigenvalue weighted by Crippen LogP contribution is -2.22. The van der Waals surface area contributed by atoms with E-state index < -0.39 is 17.5 Å². The van der Waals surface area contributed by atoms with Crippen LogP contribution in [0, 0.1) is 11.3 Å². The van der Waals surface area contributed by atoms with Gasteiger partial charge in [0.2, 0.25) is 0 Å². The van der Waals surface area contributed by atoms with Crippen molar-refractivity contribution < 1.29 is 24.2 Å². The van der Waals surface area contributed by atoms with Gasteiger partial charge in [-0.15, -0.1) is 0 Å². The lowest BCUT2D eigenvalue weighted by molar-refractivity contribution is -0.133. The summed E-state index contributed by atoms with van der Waals surface area (Å²) in [7, 11) is 0. The van der Waals surface area contributed by atoms with E-state index in [9.17, 15) is 14.7 Å². The molecule has 0 spiro atoms. The van der Waals surface area contributed by atoms with Crippen molar-refractivity contribution in [2.24, 2.45) is 0 Å². The Balaban J connectivity index is 3.01. The highest BCUT2D eigenvalue weighted by molar-refractivity contribution is 5.71. The molecule has 1 unspecified atom stereocenters. The van der Waals surface area contributed by atoms with Gasteiger partial charge in [-0.2, -0.15) is 5.26 Å². The zero-order valence-corrected chi connectivity index (χ0v) is 12.2. The highest BCUT2D eigenvalue weighted by Crippen LogP contribution is 2.27. The number of aliphatic hydroxyl groups is 1. The van der Waals surface area contributed by atoms with E-state index in [2.05, 4.69) is 0 Å². The first-order valence-electron chi connectivity index (χ1n) is 6.37. The second-order valence-corrected chi connectivity index (χ2v) is 4.84. The van der Waals surface area contributed by atoms with Gasteiger partial charge in [0.05, 0.1) is 6.07 Å². The molecular weight excluding hydrogens is 274 g/mol. The van der Waals surface area contributed by atoms with Crippen molar-refractivity contribution in [1.82, 2.24) is 0 Å². The highest BCUT2D eigenvalue weighted by Gasteiger charge is 2.20. The zero-order chi connectivity index (χ0) is 16.0. The van der Waals surface area contributed by atoms with Gasteiger partial charge in [-0.25, -0.2) is 0 Å². The van der Waals surface area contributed by atoms with Gasteiger partial charge in [0.1, 0.15) is 17.1 Å². The van der Waals surface area contributed by atoms with Gasteiger partial charge in [0, 0.05) is 13.8 Å². The Labute approximate surface area is 122 Å². The number of ether oxygens (including phenoxy) is 2. The van der Waals surface area contributed by atoms with Gasteiger partial charge in [0.25, 0.3) is 0 Å². The van der Waals surface area contributed by atoms with Crippen LogP contribution in [0.15, 0.2) is 18.2 Å². The topological polar surface area (TPSA) is 96.6 Å². The van der Waals surface area contributed by atoms with E-state index in [0.29, 0.717) is 17.1 Å². The molecular formula is C15H17NO5. The zero-order valence-electron chi connectivity index (χ0n) is 12.2. The van der Waals surface area contributed by atoms with Crippen LogP contribution in [0.1, 0.15) is 32.8 Å². The Morgan fingerprint density at radius 3 is 2.43 bits per heavy atom. The number of carbonyl (C=O) groups excluding carboxylic acids is 2. The predicted molar refractivity (Wildman–Crippen MR) is 73.6 cm³/mol. The van der Waals surface area contributed by atoms with Crippen LogP contribution in [0.3, 0.4) is 0 Å². The van der Waals surface area contributed by atoms with Crippen LogP contribution < -0.4 is 9.47 Å². The number of hydrogen-bond donors (Lipinski definition) is 1. The minimum Gasteiger partial charge on any atom is -0.427 e. The number of esters is 2. The van der Waals surface area contributed by atoms with Crippen LogP contribution in [-0.4, -0.2) is 22.6 Å². The lowest BCUT2D eigenvalue weighted by Gasteiger charge is -2.16. The molecule has 0 aliphatic rings. The first kappa shape index (κ1) is 16.7. The summed E-state index contributed by atoms with van der Waals surface area (Å²) >= 11 is 0. The van der Waals surface area contributed by atoms with Crippen LogP contribution in [0.5, 0.6) is 11.5 Å². The molecule has 1 aromatic rings. The molecule has 1 rings (SSSR count). The summed E-state index contributed by atoms with van der Waals surface area (Å²) in [6, 6.07) is 6.35. The lowest BCUT2D eigenvalue weighted by atomic mass is 9.97. The molecule has 0 fully saturated rings. The molecule has 0 bridgehead atoms. The fraction of sp³-hybridized carbons (Fsp3) is 0.400. The molecule has 0 aliphatic carbocycles. The van der Waals surface area contributed by atoms with Crippen molar-refractivity contribution in [3.63, 3.8) is 0 Å². The molecule has 21 heavy (non-hydrogen) atoms. The molecule has 0 radical (unpaired) electrons. The van der Waals surface area contributed by atoms with Crippen molar-refractivity contribution in [2.45, 2.75) is 39.2 Å². The van der Waals surface area contributed by atoms with Crippen molar-refractivity contribution in [2.75, 3.05) is 0 Å². The summed E-state index contributed by atoms with van der Waals surface area (Å²) in [5.74, 6) is -0.328. The molecule has 0 amide bonds. The van der Waals surface area contributed by atoms with Crippen LogP contribution >= 0.6 is 0 Å². The normalized spacial score (nSPS) is 12.9. The van der Waals surface area contributed by atoms with Crippen molar-refractivity contribution >= 4 is 11.9 Å². The minimum absolute atomic E-state index is 0.154. The Hall–Kier alpha value is -2.39. The number of nitrogens with zero attached hydrogens (tertiary/aromatic N) is 1. The highest BCUT2D eigenvalue weighted by atomic mass is 16.5. The van der Waals surface area contributed by atoms with Gasteiger partial charge in [-0.1, -0.05) is 0 Å². The Morgan fingerprint density at radius 2 is 1.90 bits per heavy atom. The average Bonchev–Trinajstić information content (AvgIpc) is 2.37. The smallest absolute Gasteiger partial charge is 0.308 e. The number of hydrogen-bond acceptors (Lipinski definition) is 6. The van der Waals surface area contributed by atoms with Crippen molar-refractivity contribution in [3.8, 4) is 17.6 Å². The summed E-state index contributed by atoms with van der Waals surface area (Å²) in [4.78, 5) is 22.0. The molecule has 0 aliphatic heterocycles. The van der Waals surface area contributed by atoms with Gasteiger partial charge >= 0.3 is 11.9 Å². The van der Waals surface area contributed by atoms with Gasteiger partial charge < -0.3 is 14.6 Å². The molecule has 0 saturated heterocycles. The number of nitriles is 1. The summed E-state index contributed by atoms with van der Waals surface area (Å²) in [6.07, 6.45) is 0.444. The Kier molecular flexibility index (Phi) is 5.44. The van der Waals surface area contributed by atoms with Crippen LogP contribution in [0.25, 0.3) is 0 Å². The second-order valence-electron chi connectivity index (χ2n) is 4.84. The fourth-order valence-electron chi connectivity index (χ4n) is 1.67. The molecule has 0 heterocycles. The summed E-state index contributed by atoms with van der Waals surface area (Å²) < 4.78 is 10.0. The predicted octanol–water partition coefficient (Wildman–Crippen LogP) is 1.74. The quantitative estimate of drug-likeness (QED) is 0.504. The van der Waals surface area contributed by atoms with Crippen LogP contribution in [0.2, 0.25) is 0 Å². The molecule has 1 N–H and O–H groups in total. The third-order valence-electron chi connectivity index (χ3n) is 2.67. The standard InChI is InChI=1S/C15H17NO5/c1-10(17)20-13-4-5-14(21-11(2)18)12(8-13)6-7-15(3,19)9-16/h4-5,8,19H,6-7H2,1-3H3. The fourth-order valence-corrected chi connectivity index (χ4v) is 1.67. The minimum atomic E-state index is -1.48.